The summed E-state index contributed by atoms with van der Waals surface area (Å²) >= 11 is 0. The summed E-state index contributed by atoms with van der Waals surface area (Å²) in [4.78, 5) is 10.5. The van der Waals surface area contributed by atoms with Crippen LogP contribution in [0.15, 0.2) is 0 Å². The van der Waals surface area contributed by atoms with E-state index >= 15 is 0 Å². The van der Waals surface area contributed by atoms with Crippen LogP contribution >= 0.6 is 41.2 Å². The minimum atomic E-state index is -2.56. The number of carbonyl (C=O) groups excluding carboxylic acids is 1. The third kappa shape index (κ3) is 26.4. The van der Waals surface area contributed by atoms with Crippen molar-refractivity contribution in [3.05, 3.63) is 0 Å². The maximum Gasteiger partial charge on any atom is 0.500 e. The second-order valence-electron chi connectivity index (χ2n) is 9.33. The summed E-state index contributed by atoms with van der Waals surface area (Å²) in [6, 6.07) is 1.93. The molecule has 0 radical (unpaired) electrons. The van der Waals surface area contributed by atoms with Gasteiger partial charge in [0.15, 0.2) is 0 Å². The first-order chi connectivity index (χ1) is 22.7. The molecular weight excluding hydrogens is 737 g/mol. The lowest BCUT2D eigenvalue weighted by molar-refractivity contribution is 0.0702. The number of primary amides is 1. The van der Waals surface area contributed by atoms with Crippen LogP contribution in [0, 0.1) is 0 Å². The molecule has 0 unspecified atom stereocenters. The van der Waals surface area contributed by atoms with E-state index in [2.05, 4.69) is 5.32 Å². The van der Waals surface area contributed by atoms with Crippen molar-refractivity contribution in [2.24, 2.45) is 5.73 Å². The number of amides is 2. The smallest absolute Gasteiger partial charge is 0.374 e. The Kier molecular flexibility index (Phi) is 36.3. The van der Waals surface area contributed by atoms with Crippen molar-refractivity contribution >= 4 is 73.7 Å². The second kappa shape index (κ2) is 34.1. The molecule has 0 aromatic rings. The molecule has 0 rings (SSSR count). The Morgan fingerprint density at radius 1 is 0.489 bits per heavy atom. The monoisotopic (exact) mass is 802 g/mol. The van der Waals surface area contributed by atoms with Gasteiger partial charge in [0.05, 0.1) is 0 Å². The summed E-state index contributed by atoms with van der Waals surface area (Å²) in [5.41, 5.74) is 4.99. The van der Waals surface area contributed by atoms with Crippen LogP contribution in [-0.2, 0) is 39.8 Å². The number of rotatable bonds is 33. The van der Waals surface area contributed by atoms with Gasteiger partial charge in [0.25, 0.3) is 0 Å². The van der Waals surface area contributed by atoms with Gasteiger partial charge in [-0.15, -0.1) is 0 Å². The van der Waals surface area contributed by atoms with E-state index in [1.165, 1.54) is 0 Å². The van der Waals surface area contributed by atoms with Gasteiger partial charge in [0, 0.05) is 95.6 Å². The topological polar surface area (TPSA) is 138 Å². The van der Waals surface area contributed by atoms with E-state index in [4.69, 9.17) is 45.6 Å². The van der Waals surface area contributed by atoms with Gasteiger partial charge in [0.1, 0.15) is 0 Å². The Bertz CT molecular complexity index is 634. The van der Waals surface area contributed by atoms with Crippen molar-refractivity contribution < 1.29 is 44.6 Å². The van der Waals surface area contributed by atoms with Gasteiger partial charge in [-0.05, 0) is 101 Å². The van der Waals surface area contributed by atoms with Crippen molar-refractivity contribution in [2.45, 2.75) is 99.7 Å². The predicted octanol–water partition coefficient (Wildman–Crippen LogP) is 7.63. The highest BCUT2D eigenvalue weighted by molar-refractivity contribution is 9.26. The Hall–Kier alpha value is 0.961. The molecule has 19 heteroatoms. The van der Waals surface area contributed by atoms with E-state index in [-0.39, 0.29) is 0 Å². The maximum absolute atomic E-state index is 10.5. The number of hydrogen-bond donors (Lipinski definition) is 2. The fourth-order valence-electron chi connectivity index (χ4n) is 4.32. The van der Waals surface area contributed by atoms with Crippen LogP contribution in [0.2, 0.25) is 18.1 Å². The molecule has 0 aliphatic rings. The fourth-order valence-corrected chi connectivity index (χ4v) is 18.8. The number of urea groups is 1. The number of hydrogen-bond acceptors (Lipinski definition) is 14. The summed E-state index contributed by atoms with van der Waals surface area (Å²) in [5, 5.41) is 2.54. The van der Waals surface area contributed by atoms with Gasteiger partial charge in [0.2, 0.25) is 0 Å². The van der Waals surface area contributed by atoms with E-state index in [1.807, 2.05) is 104 Å². The first-order valence-electron chi connectivity index (χ1n) is 17.0. The van der Waals surface area contributed by atoms with E-state index in [0.717, 1.165) is 42.9 Å². The molecule has 12 nitrogen and oxygen atoms in total. The minimum absolute atomic E-state index is 0.511. The summed E-state index contributed by atoms with van der Waals surface area (Å²) in [6.45, 7) is 23.8. The van der Waals surface area contributed by atoms with Gasteiger partial charge in [-0.25, -0.2) is 4.79 Å². The van der Waals surface area contributed by atoms with Crippen LogP contribution < -0.4 is 11.1 Å². The van der Waals surface area contributed by atoms with E-state index in [9.17, 15) is 4.79 Å². The van der Waals surface area contributed by atoms with Crippen molar-refractivity contribution in [3.8, 4) is 0 Å². The lowest BCUT2D eigenvalue weighted by Gasteiger charge is -2.28. The molecule has 0 saturated carbocycles. The fraction of sp³-hybridized carbons (Fsp3) is 0.964. The van der Waals surface area contributed by atoms with Crippen LogP contribution in [-0.4, -0.2) is 110 Å². The Balaban J connectivity index is 0. The molecule has 47 heavy (non-hydrogen) atoms. The quantitative estimate of drug-likeness (QED) is 0.0382. The molecule has 0 aromatic carbocycles. The van der Waals surface area contributed by atoms with Gasteiger partial charge >= 0.3 is 32.4 Å². The zero-order valence-electron chi connectivity index (χ0n) is 30.5. The standard InChI is InChI=1S/C18H42O6S4Si2.C10H24N2O4Si/c1-7-19-29(20-8-2,21-9-3)17-13-15-25-27-28-26-16-14-18-30(22-10-4,23-11-5)24-12-6;1-4-14-17(15-5-2,16-6-3)9-7-8-12-10(11)13/h7-18H2,1-6H3;4-9H2,1-3H3,(H3,11,12,13). The number of carbonyl (C=O) groups is 1. The lowest BCUT2D eigenvalue weighted by atomic mass is 10.5. The first kappa shape index (κ1) is 50.1. The predicted molar refractivity (Wildman–Crippen MR) is 208 cm³/mol. The SMILES string of the molecule is CCO[Si](CCCNC(N)=O)(OCC)OCC.CCO[Si](CCCSSSSCCC[Si](OCC)(OCC)OCC)(OCC)OCC. The summed E-state index contributed by atoms with van der Waals surface area (Å²) in [7, 11) is -0.0838. The highest BCUT2D eigenvalue weighted by atomic mass is 33.7. The van der Waals surface area contributed by atoms with Gasteiger partial charge in [-0.1, -0.05) is 21.6 Å². The normalized spacial score (nSPS) is 12.2. The third-order valence-corrected chi connectivity index (χ3v) is 21.9. The Morgan fingerprint density at radius 3 is 0.979 bits per heavy atom. The molecule has 0 atom stereocenters. The van der Waals surface area contributed by atoms with Crippen molar-refractivity contribution in [2.75, 3.05) is 77.5 Å². The van der Waals surface area contributed by atoms with E-state index in [0.29, 0.717) is 72.1 Å². The van der Waals surface area contributed by atoms with Crippen LogP contribution in [0.1, 0.15) is 81.6 Å². The molecule has 3 N–H and O–H groups in total. The van der Waals surface area contributed by atoms with E-state index in [1.54, 1.807) is 0 Å². The van der Waals surface area contributed by atoms with Crippen molar-refractivity contribution in [1.29, 1.82) is 0 Å². The Labute approximate surface area is 305 Å². The van der Waals surface area contributed by atoms with Crippen LogP contribution in [0.3, 0.4) is 0 Å². The largest absolute Gasteiger partial charge is 0.500 e. The lowest BCUT2D eigenvalue weighted by Crippen LogP contribution is -2.46. The maximum atomic E-state index is 10.5. The molecular formula is C28H66N2O10S4Si3. The molecule has 0 aromatic heterocycles. The molecule has 0 fully saturated rings. The molecule has 0 aliphatic heterocycles. The van der Waals surface area contributed by atoms with Gasteiger partial charge in [-0.3, -0.25) is 0 Å². The zero-order chi connectivity index (χ0) is 35.7. The molecule has 284 valence electrons. The molecule has 0 saturated heterocycles. The molecule has 0 spiro atoms. The molecule has 0 aliphatic carbocycles. The van der Waals surface area contributed by atoms with Crippen LogP contribution in [0.25, 0.3) is 0 Å². The third-order valence-electron chi connectivity index (χ3n) is 5.78. The molecule has 0 bridgehead atoms. The van der Waals surface area contributed by atoms with Crippen LogP contribution in [0.5, 0.6) is 0 Å². The van der Waals surface area contributed by atoms with Crippen molar-refractivity contribution in [3.63, 3.8) is 0 Å². The van der Waals surface area contributed by atoms with E-state index < -0.39 is 32.4 Å². The average Bonchev–Trinajstić information content (AvgIpc) is 3.02. The number of nitrogens with one attached hydrogen (secondary N) is 1. The highest BCUT2D eigenvalue weighted by Crippen LogP contribution is 2.44. The summed E-state index contributed by atoms with van der Waals surface area (Å²) in [5.74, 6) is 2.13. The summed E-state index contributed by atoms with van der Waals surface area (Å²) in [6.07, 6.45) is 2.82. The van der Waals surface area contributed by atoms with Gasteiger partial charge in [-0.2, -0.15) is 0 Å². The molecule has 2 amide bonds. The Morgan fingerprint density at radius 2 is 0.745 bits per heavy atom. The van der Waals surface area contributed by atoms with Crippen molar-refractivity contribution in [1.82, 2.24) is 5.32 Å². The minimum Gasteiger partial charge on any atom is -0.374 e. The second-order valence-corrected chi connectivity index (χ2v) is 23.8. The zero-order valence-corrected chi connectivity index (χ0v) is 36.8. The summed E-state index contributed by atoms with van der Waals surface area (Å²) < 4.78 is 52.4. The highest BCUT2D eigenvalue weighted by Gasteiger charge is 2.41. The average molecular weight is 803 g/mol. The molecule has 0 heterocycles. The van der Waals surface area contributed by atoms with Crippen LogP contribution in [0.4, 0.5) is 4.79 Å². The number of nitrogens with two attached hydrogens (primary N) is 1. The van der Waals surface area contributed by atoms with Gasteiger partial charge < -0.3 is 50.9 Å². The first-order valence-corrected chi connectivity index (χ1v) is 28.0.